The van der Waals surface area contributed by atoms with Crippen LogP contribution in [0.15, 0.2) is 45.8 Å². The van der Waals surface area contributed by atoms with Gasteiger partial charge in [-0.3, -0.25) is 4.90 Å². The highest BCUT2D eigenvalue weighted by molar-refractivity contribution is 7.90. The van der Waals surface area contributed by atoms with Gasteiger partial charge in [-0.1, -0.05) is 13.0 Å². The van der Waals surface area contributed by atoms with Gasteiger partial charge < -0.3 is 0 Å². The number of anilines is 2. The summed E-state index contributed by atoms with van der Waals surface area (Å²) in [6, 6.07) is 7.71. The fourth-order valence-corrected chi connectivity index (χ4v) is 3.58. The maximum absolute atomic E-state index is 14.4. The molecule has 0 amide bonds. The number of rotatable bonds is 2. The second kappa shape index (κ2) is 5.17. The SMILES string of the molecule is CCC1=NS(=O)(=O)c2cccnc2N1c1ccc(C)cc1F. The van der Waals surface area contributed by atoms with Gasteiger partial charge in [0.25, 0.3) is 10.0 Å². The van der Waals surface area contributed by atoms with Crippen LogP contribution in [0.2, 0.25) is 0 Å². The lowest BCUT2D eigenvalue weighted by Crippen LogP contribution is -2.32. The molecule has 1 aromatic carbocycles. The Hall–Kier alpha value is -2.28. The zero-order valence-corrected chi connectivity index (χ0v) is 12.9. The highest BCUT2D eigenvalue weighted by Gasteiger charge is 2.33. The number of halogens is 1. The third-order valence-electron chi connectivity index (χ3n) is 3.38. The number of sulfonamides is 1. The molecule has 1 aliphatic heterocycles. The summed E-state index contributed by atoms with van der Waals surface area (Å²) < 4.78 is 42.6. The summed E-state index contributed by atoms with van der Waals surface area (Å²) in [5.74, 6) is -0.0249. The van der Waals surface area contributed by atoms with Crippen LogP contribution in [0.5, 0.6) is 0 Å². The Morgan fingerprint density at radius 1 is 1.27 bits per heavy atom. The quantitative estimate of drug-likeness (QED) is 0.853. The highest BCUT2D eigenvalue weighted by atomic mass is 32.2. The maximum Gasteiger partial charge on any atom is 0.287 e. The van der Waals surface area contributed by atoms with Crippen molar-refractivity contribution in [1.29, 1.82) is 0 Å². The fourth-order valence-electron chi connectivity index (χ4n) is 2.37. The minimum Gasteiger partial charge on any atom is -0.278 e. The number of amidine groups is 1. The molecule has 3 rings (SSSR count). The molecule has 2 heterocycles. The number of fused-ring (bicyclic) bond motifs is 1. The Kier molecular flexibility index (Phi) is 3.44. The van der Waals surface area contributed by atoms with Crippen molar-refractivity contribution in [2.45, 2.75) is 25.2 Å². The van der Waals surface area contributed by atoms with Crippen molar-refractivity contribution < 1.29 is 12.8 Å². The first kappa shape index (κ1) is 14.6. The molecule has 0 fully saturated rings. The molecule has 0 bridgehead atoms. The lowest BCUT2D eigenvalue weighted by atomic mass is 10.2. The third-order valence-corrected chi connectivity index (χ3v) is 4.71. The Labute approximate surface area is 128 Å². The number of hydrogen-bond acceptors (Lipinski definition) is 4. The number of aryl methyl sites for hydroxylation is 1. The van der Waals surface area contributed by atoms with Crippen LogP contribution in [0.1, 0.15) is 18.9 Å². The summed E-state index contributed by atoms with van der Waals surface area (Å²) in [4.78, 5) is 5.58. The van der Waals surface area contributed by atoms with E-state index in [9.17, 15) is 12.8 Å². The van der Waals surface area contributed by atoms with E-state index in [0.717, 1.165) is 5.56 Å². The van der Waals surface area contributed by atoms with E-state index >= 15 is 0 Å². The van der Waals surface area contributed by atoms with Gasteiger partial charge in [-0.25, -0.2) is 9.37 Å². The first-order valence-corrected chi connectivity index (χ1v) is 8.23. The van der Waals surface area contributed by atoms with E-state index in [4.69, 9.17) is 0 Å². The van der Waals surface area contributed by atoms with Crippen LogP contribution < -0.4 is 4.90 Å². The van der Waals surface area contributed by atoms with Gasteiger partial charge in [-0.05, 0) is 36.8 Å². The minimum atomic E-state index is -3.80. The Bertz CT molecular complexity index is 878. The van der Waals surface area contributed by atoms with E-state index in [-0.39, 0.29) is 22.2 Å². The van der Waals surface area contributed by atoms with Crippen LogP contribution in [0.25, 0.3) is 0 Å². The summed E-state index contributed by atoms with van der Waals surface area (Å²) >= 11 is 0. The van der Waals surface area contributed by atoms with Crippen molar-refractivity contribution in [3.8, 4) is 0 Å². The largest absolute Gasteiger partial charge is 0.287 e. The Morgan fingerprint density at radius 3 is 2.73 bits per heavy atom. The molecule has 1 aliphatic rings. The van der Waals surface area contributed by atoms with Gasteiger partial charge in [-0.2, -0.15) is 8.42 Å². The molecule has 0 saturated heterocycles. The van der Waals surface area contributed by atoms with Crippen LogP contribution in [0, 0.1) is 12.7 Å². The smallest absolute Gasteiger partial charge is 0.278 e. The Morgan fingerprint density at radius 2 is 2.05 bits per heavy atom. The van der Waals surface area contributed by atoms with E-state index in [1.807, 2.05) is 0 Å². The first-order valence-electron chi connectivity index (χ1n) is 6.79. The van der Waals surface area contributed by atoms with E-state index in [1.54, 1.807) is 26.0 Å². The average molecular weight is 319 g/mol. The molecule has 22 heavy (non-hydrogen) atoms. The van der Waals surface area contributed by atoms with Crippen LogP contribution >= 0.6 is 0 Å². The molecular formula is C15H14FN3O2S. The van der Waals surface area contributed by atoms with Crippen LogP contribution in [-0.2, 0) is 10.0 Å². The molecule has 0 radical (unpaired) electrons. The van der Waals surface area contributed by atoms with Crippen LogP contribution in [0.4, 0.5) is 15.9 Å². The molecule has 5 nitrogen and oxygen atoms in total. The second-order valence-corrected chi connectivity index (χ2v) is 6.52. The van der Waals surface area contributed by atoms with Crippen LogP contribution in [0.3, 0.4) is 0 Å². The third kappa shape index (κ3) is 2.27. The predicted octanol–water partition coefficient (Wildman–Crippen LogP) is 3.18. The van der Waals surface area contributed by atoms with E-state index < -0.39 is 15.8 Å². The van der Waals surface area contributed by atoms with Gasteiger partial charge in [-0.15, -0.1) is 4.40 Å². The normalized spacial score (nSPS) is 16.1. The molecule has 2 aromatic rings. The van der Waals surface area contributed by atoms with Gasteiger partial charge in [0.05, 0.1) is 5.69 Å². The summed E-state index contributed by atoms with van der Waals surface area (Å²) in [6.45, 7) is 3.55. The molecule has 0 atom stereocenters. The van der Waals surface area contributed by atoms with E-state index in [2.05, 4.69) is 9.38 Å². The summed E-state index contributed by atoms with van der Waals surface area (Å²) in [6.07, 6.45) is 1.81. The molecule has 0 aliphatic carbocycles. The maximum atomic E-state index is 14.4. The summed E-state index contributed by atoms with van der Waals surface area (Å²) in [7, 11) is -3.80. The molecule has 114 valence electrons. The fraction of sp³-hybridized carbons (Fsp3) is 0.200. The molecule has 0 N–H and O–H groups in total. The molecule has 1 aromatic heterocycles. The summed E-state index contributed by atoms with van der Waals surface area (Å²) in [5.41, 5.74) is 1.02. The average Bonchev–Trinajstić information content (AvgIpc) is 2.48. The number of aromatic nitrogens is 1. The number of pyridine rings is 1. The van der Waals surface area contributed by atoms with E-state index in [1.165, 1.54) is 29.3 Å². The molecule has 7 heteroatoms. The predicted molar refractivity (Wildman–Crippen MR) is 82.4 cm³/mol. The highest BCUT2D eigenvalue weighted by Crippen LogP contribution is 2.36. The van der Waals surface area contributed by atoms with Gasteiger partial charge in [0, 0.05) is 12.6 Å². The zero-order chi connectivity index (χ0) is 15.9. The number of hydrogen-bond donors (Lipinski definition) is 0. The lowest BCUT2D eigenvalue weighted by Gasteiger charge is -2.29. The minimum absolute atomic E-state index is 0.0211. The van der Waals surface area contributed by atoms with Gasteiger partial charge in [0.2, 0.25) is 0 Å². The number of benzene rings is 1. The van der Waals surface area contributed by atoms with Gasteiger partial charge >= 0.3 is 0 Å². The topological polar surface area (TPSA) is 62.6 Å². The van der Waals surface area contributed by atoms with Gasteiger partial charge in [0.1, 0.15) is 16.5 Å². The standard InChI is InChI=1S/C15H14FN3O2S/c1-3-14-18-22(20,21)13-5-4-8-17-15(13)19(14)12-7-6-10(2)9-11(12)16/h4-9H,3H2,1-2H3. The molecular weight excluding hydrogens is 305 g/mol. The first-order chi connectivity index (χ1) is 10.4. The van der Waals surface area contributed by atoms with Crippen molar-refractivity contribution in [2.75, 3.05) is 4.90 Å². The van der Waals surface area contributed by atoms with Crippen molar-refractivity contribution in [2.24, 2.45) is 4.40 Å². The van der Waals surface area contributed by atoms with E-state index in [0.29, 0.717) is 6.42 Å². The van der Waals surface area contributed by atoms with Crippen molar-refractivity contribution in [3.05, 3.63) is 47.9 Å². The molecule has 0 spiro atoms. The number of nitrogens with zero attached hydrogens (tertiary/aromatic N) is 3. The monoisotopic (exact) mass is 319 g/mol. The van der Waals surface area contributed by atoms with Gasteiger partial charge in [0.15, 0.2) is 5.82 Å². The zero-order valence-electron chi connectivity index (χ0n) is 12.1. The van der Waals surface area contributed by atoms with Crippen molar-refractivity contribution in [1.82, 2.24) is 4.98 Å². The van der Waals surface area contributed by atoms with Crippen molar-refractivity contribution in [3.63, 3.8) is 0 Å². The molecule has 0 saturated carbocycles. The Balaban J connectivity index is 2.29. The van der Waals surface area contributed by atoms with Crippen LogP contribution in [-0.4, -0.2) is 19.2 Å². The second-order valence-electron chi connectivity index (χ2n) is 4.95. The van der Waals surface area contributed by atoms with Crippen molar-refractivity contribution >= 4 is 27.4 Å². The molecule has 0 unspecified atom stereocenters. The summed E-state index contributed by atoms with van der Waals surface area (Å²) in [5, 5.41) is 0. The lowest BCUT2D eigenvalue weighted by molar-refractivity contribution is 0.595.